The van der Waals surface area contributed by atoms with Gasteiger partial charge in [0.2, 0.25) is 5.91 Å². The molecule has 1 amide bonds. The SMILES string of the molecule is CC(Sc1nc2ccccc2c(=O)n1-c1ccc(F)cc1)C(=O)N(C)c1ccccc1. The summed E-state index contributed by atoms with van der Waals surface area (Å²) >= 11 is 1.20. The maximum absolute atomic E-state index is 13.5. The largest absolute Gasteiger partial charge is 0.315 e. The first-order valence-corrected chi connectivity index (χ1v) is 10.6. The van der Waals surface area contributed by atoms with Gasteiger partial charge in [0.25, 0.3) is 5.56 Å². The fourth-order valence-electron chi connectivity index (χ4n) is 3.27. The van der Waals surface area contributed by atoms with Crippen molar-refractivity contribution >= 4 is 34.3 Å². The lowest BCUT2D eigenvalue weighted by Gasteiger charge is -2.22. The molecule has 0 saturated carbocycles. The van der Waals surface area contributed by atoms with Crippen LogP contribution in [0.3, 0.4) is 0 Å². The standard InChI is InChI=1S/C24H20FN3O2S/c1-16(22(29)27(2)18-8-4-3-5-9-18)31-24-26-21-11-7-6-10-20(21)23(30)28(24)19-14-12-17(25)13-15-19/h3-16H,1-2H3. The van der Waals surface area contributed by atoms with Gasteiger partial charge in [0.1, 0.15) is 5.82 Å². The molecule has 1 heterocycles. The van der Waals surface area contributed by atoms with Crippen LogP contribution in [0.25, 0.3) is 16.6 Å². The number of halogens is 1. The number of rotatable bonds is 5. The number of benzene rings is 3. The molecule has 0 fully saturated rings. The summed E-state index contributed by atoms with van der Waals surface area (Å²) in [4.78, 5) is 32.5. The lowest BCUT2D eigenvalue weighted by Crippen LogP contribution is -2.33. The number of hydrogen-bond acceptors (Lipinski definition) is 4. The van der Waals surface area contributed by atoms with Crippen LogP contribution < -0.4 is 10.5 Å². The van der Waals surface area contributed by atoms with Crippen molar-refractivity contribution < 1.29 is 9.18 Å². The average molecular weight is 434 g/mol. The Bertz CT molecular complexity index is 1290. The topological polar surface area (TPSA) is 55.2 Å². The molecular weight excluding hydrogens is 413 g/mol. The Morgan fingerprint density at radius 1 is 1.00 bits per heavy atom. The van der Waals surface area contributed by atoms with Crippen molar-refractivity contribution in [3.05, 3.63) is 95.0 Å². The first-order valence-electron chi connectivity index (χ1n) is 9.72. The zero-order valence-electron chi connectivity index (χ0n) is 17.0. The smallest absolute Gasteiger partial charge is 0.266 e. The predicted octanol–water partition coefficient (Wildman–Crippen LogP) is 4.67. The molecule has 1 aromatic heterocycles. The molecule has 0 spiro atoms. The second-order valence-electron chi connectivity index (χ2n) is 7.02. The zero-order chi connectivity index (χ0) is 22.0. The first kappa shape index (κ1) is 20.8. The van der Waals surface area contributed by atoms with E-state index in [2.05, 4.69) is 4.98 Å². The Hall–Kier alpha value is -3.45. The molecule has 31 heavy (non-hydrogen) atoms. The van der Waals surface area contributed by atoms with Gasteiger partial charge in [0.15, 0.2) is 5.16 Å². The van der Waals surface area contributed by atoms with Crippen LogP contribution in [0.5, 0.6) is 0 Å². The van der Waals surface area contributed by atoms with E-state index in [9.17, 15) is 14.0 Å². The highest BCUT2D eigenvalue weighted by Crippen LogP contribution is 2.27. The van der Waals surface area contributed by atoms with Crippen molar-refractivity contribution in [2.24, 2.45) is 0 Å². The van der Waals surface area contributed by atoms with E-state index in [0.29, 0.717) is 21.7 Å². The van der Waals surface area contributed by atoms with E-state index in [4.69, 9.17) is 0 Å². The van der Waals surface area contributed by atoms with E-state index < -0.39 is 11.1 Å². The van der Waals surface area contributed by atoms with Gasteiger partial charge >= 0.3 is 0 Å². The summed E-state index contributed by atoms with van der Waals surface area (Å²) in [5.41, 5.74) is 1.55. The molecule has 0 aliphatic carbocycles. The maximum Gasteiger partial charge on any atom is 0.266 e. The molecule has 1 atom stereocenters. The minimum absolute atomic E-state index is 0.121. The van der Waals surface area contributed by atoms with Crippen molar-refractivity contribution in [3.8, 4) is 5.69 Å². The van der Waals surface area contributed by atoms with E-state index in [1.807, 2.05) is 36.4 Å². The molecule has 0 aliphatic heterocycles. The van der Waals surface area contributed by atoms with E-state index in [1.165, 1.54) is 40.6 Å². The van der Waals surface area contributed by atoms with Crippen LogP contribution in [0.15, 0.2) is 88.8 Å². The van der Waals surface area contributed by atoms with Crippen molar-refractivity contribution in [1.29, 1.82) is 0 Å². The number of nitrogens with zero attached hydrogens (tertiary/aromatic N) is 3. The van der Waals surface area contributed by atoms with Gasteiger partial charge in [0, 0.05) is 12.7 Å². The Morgan fingerprint density at radius 3 is 2.35 bits per heavy atom. The normalized spacial score (nSPS) is 12.0. The number of aromatic nitrogens is 2. The fraction of sp³-hybridized carbons (Fsp3) is 0.125. The molecule has 7 heteroatoms. The summed E-state index contributed by atoms with van der Waals surface area (Å²) in [6, 6.07) is 22.0. The molecule has 0 radical (unpaired) electrons. The number of hydrogen-bond donors (Lipinski definition) is 0. The summed E-state index contributed by atoms with van der Waals surface area (Å²) < 4.78 is 14.9. The van der Waals surface area contributed by atoms with Gasteiger partial charge < -0.3 is 4.90 Å². The van der Waals surface area contributed by atoms with Crippen molar-refractivity contribution in [2.45, 2.75) is 17.3 Å². The lowest BCUT2D eigenvalue weighted by atomic mass is 10.2. The molecule has 4 aromatic rings. The molecule has 0 saturated heterocycles. The number of thioether (sulfide) groups is 1. The highest BCUT2D eigenvalue weighted by molar-refractivity contribution is 8.00. The number of carbonyl (C=O) groups is 1. The Labute approximate surface area is 183 Å². The van der Waals surface area contributed by atoms with Crippen LogP contribution in [0, 0.1) is 5.82 Å². The molecule has 3 aromatic carbocycles. The second-order valence-corrected chi connectivity index (χ2v) is 8.33. The molecular formula is C24H20FN3O2S. The second kappa shape index (κ2) is 8.73. The van der Waals surface area contributed by atoms with Crippen molar-refractivity contribution in [3.63, 3.8) is 0 Å². The molecule has 4 rings (SSSR count). The Morgan fingerprint density at radius 2 is 1.65 bits per heavy atom. The monoisotopic (exact) mass is 433 g/mol. The summed E-state index contributed by atoms with van der Waals surface area (Å²) in [5, 5.41) is 0.319. The highest BCUT2D eigenvalue weighted by Gasteiger charge is 2.23. The van der Waals surface area contributed by atoms with Crippen molar-refractivity contribution in [2.75, 3.05) is 11.9 Å². The minimum Gasteiger partial charge on any atom is -0.315 e. The Balaban J connectivity index is 1.75. The van der Waals surface area contributed by atoms with Crippen LogP contribution in [0.4, 0.5) is 10.1 Å². The number of fused-ring (bicyclic) bond motifs is 1. The van der Waals surface area contributed by atoms with Crippen LogP contribution in [-0.4, -0.2) is 27.8 Å². The summed E-state index contributed by atoms with van der Waals surface area (Å²) in [6.45, 7) is 1.78. The third kappa shape index (κ3) is 4.22. The quantitative estimate of drug-likeness (QED) is 0.339. The lowest BCUT2D eigenvalue weighted by molar-refractivity contribution is -0.117. The van der Waals surface area contributed by atoms with E-state index >= 15 is 0 Å². The summed E-state index contributed by atoms with van der Waals surface area (Å²) in [6.07, 6.45) is 0. The molecule has 0 N–H and O–H groups in total. The van der Waals surface area contributed by atoms with Gasteiger partial charge in [-0.1, -0.05) is 42.1 Å². The molecule has 5 nitrogen and oxygen atoms in total. The van der Waals surface area contributed by atoms with Gasteiger partial charge in [-0.25, -0.2) is 9.37 Å². The third-order valence-corrected chi connectivity index (χ3v) is 5.97. The van der Waals surface area contributed by atoms with E-state index in [-0.39, 0.29) is 11.5 Å². The number of para-hydroxylation sites is 2. The first-order chi connectivity index (χ1) is 15.0. The van der Waals surface area contributed by atoms with Gasteiger partial charge in [-0.15, -0.1) is 0 Å². The van der Waals surface area contributed by atoms with Gasteiger partial charge in [-0.3, -0.25) is 14.2 Å². The minimum atomic E-state index is -0.509. The van der Waals surface area contributed by atoms with E-state index in [0.717, 1.165) is 5.69 Å². The molecule has 0 aliphatic rings. The zero-order valence-corrected chi connectivity index (χ0v) is 17.8. The van der Waals surface area contributed by atoms with Crippen LogP contribution in [-0.2, 0) is 4.79 Å². The number of anilines is 1. The van der Waals surface area contributed by atoms with Gasteiger partial charge in [-0.2, -0.15) is 0 Å². The van der Waals surface area contributed by atoms with Crippen molar-refractivity contribution in [1.82, 2.24) is 9.55 Å². The Kier molecular flexibility index (Phi) is 5.86. The predicted molar refractivity (Wildman–Crippen MR) is 122 cm³/mol. The molecule has 0 bridgehead atoms. The summed E-state index contributed by atoms with van der Waals surface area (Å²) in [7, 11) is 1.72. The average Bonchev–Trinajstić information content (AvgIpc) is 2.80. The maximum atomic E-state index is 13.5. The fourth-order valence-corrected chi connectivity index (χ4v) is 4.29. The van der Waals surface area contributed by atoms with Crippen LogP contribution in [0.1, 0.15) is 6.92 Å². The van der Waals surface area contributed by atoms with Crippen LogP contribution in [0.2, 0.25) is 0 Å². The number of amides is 1. The highest BCUT2D eigenvalue weighted by atomic mass is 32.2. The van der Waals surface area contributed by atoms with E-state index in [1.54, 1.807) is 37.1 Å². The van der Waals surface area contributed by atoms with Gasteiger partial charge in [0.05, 0.1) is 21.8 Å². The molecule has 156 valence electrons. The van der Waals surface area contributed by atoms with Crippen LogP contribution >= 0.6 is 11.8 Å². The third-order valence-electron chi connectivity index (χ3n) is 4.93. The van der Waals surface area contributed by atoms with Gasteiger partial charge in [-0.05, 0) is 55.5 Å². The summed E-state index contributed by atoms with van der Waals surface area (Å²) in [5.74, 6) is -0.517. The molecule has 1 unspecified atom stereocenters. The number of carbonyl (C=O) groups excluding carboxylic acids is 1.